The lowest BCUT2D eigenvalue weighted by Gasteiger charge is -2.36. The van der Waals surface area contributed by atoms with Crippen molar-refractivity contribution in [2.24, 2.45) is 0 Å². The summed E-state index contributed by atoms with van der Waals surface area (Å²) < 4.78 is 42.2. The lowest BCUT2D eigenvalue weighted by atomic mass is 10.1. The first-order valence-corrected chi connectivity index (χ1v) is 15.1. The van der Waals surface area contributed by atoms with Gasteiger partial charge >= 0.3 is 6.18 Å². The number of aryl methyl sites for hydroxylation is 1. The molecule has 0 atom stereocenters. The molecule has 256 valence electrons. The zero-order valence-corrected chi connectivity index (χ0v) is 26.7. The quantitative estimate of drug-likeness (QED) is 0.146. The number of rotatable bonds is 10. The van der Waals surface area contributed by atoms with Crippen LogP contribution in [0.3, 0.4) is 0 Å². The number of ether oxygens (including phenoxy) is 1. The van der Waals surface area contributed by atoms with E-state index >= 15 is 0 Å². The molecule has 5 rings (SSSR count). The lowest BCUT2D eigenvalue weighted by Crippen LogP contribution is -2.50. The van der Waals surface area contributed by atoms with Crippen LogP contribution >= 0.6 is 0 Å². The number of carbonyl (C=O) groups excluding carboxylic acids is 2. The van der Waals surface area contributed by atoms with E-state index in [1.54, 1.807) is 29.3 Å². The molecule has 0 bridgehead atoms. The van der Waals surface area contributed by atoms with Gasteiger partial charge in [-0.2, -0.15) is 13.2 Å². The van der Waals surface area contributed by atoms with Crippen molar-refractivity contribution in [3.63, 3.8) is 0 Å². The molecule has 1 saturated heterocycles. The van der Waals surface area contributed by atoms with E-state index in [0.29, 0.717) is 68.5 Å². The van der Waals surface area contributed by atoms with Crippen molar-refractivity contribution in [2.45, 2.75) is 39.4 Å². The summed E-state index contributed by atoms with van der Waals surface area (Å²) in [4.78, 5) is 49.6. The number of piperazine rings is 1. The Morgan fingerprint density at radius 2 is 1.85 bits per heavy atom. The Labute approximate surface area is 273 Å². The van der Waals surface area contributed by atoms with Gasteiger partial charge < -0.3 is 29.5 Å². The topological polar surface area (TPSA) is 161 Å². The number of halogens is 3. The Balaban J connectivity index is 0.000000408. The van der Waals surface area contributed by atoms with E-state index in [2.05, 4.69) is 32.1 Å². The van der Waals surface area contributed by atoms with Crippen molar-refractivity contribution in [3.05, 3.63) is 70.4 Å². The van der Waals surface area contributed by atoms with Gasteiger partial charge in [-0.1, -0.05) is 13.5 Å². The van der Waals surface area contributed by atoms with E-state index in [-0.39, 0.29) is 41.3 Å². The number of alkyl halides is 3. The second-order valence-electron chi connectivity index (χ2n) is 10.5. The van der Waals surface area contributed by atoms with Crippen LogP contribution in [0.15, 0.2) is 53.6 Å². The van der Waals surface area contributed by atoms with Crippen LogP contribution in [0, 0.1) is 0 Å². The molecule has 0 aliphatic carbocycles. The fraction of sp³-hybridized carbons (Fsp3) is 0.387. The first-order valence-electron chi connectivity index (χ1n) is 15.1. The summed E-state index contributed by atoms with van der Waals surface area (Å²) in [6, 6.07) is 6.48. The first kappa shape index (κ1) is 35.4. The zero-order chi connectivity index (χ0) is 35.0. The number of fused-ring (bicyclic) bond motifs is 1. The maximum absolute atomic E-state index is 13.8. The molecule has 1 fully saturated rings. The van der Waals surface area contributed by atoms with Crippen LogP contribution < -0.4 is 20.4 Å². The molecule has 0 unspecified atom stereocenters. The highest BCUT2D eigenvalue weighted by Gasteiger charge is 2.31. The minimum Gasteiger partial charge on any atom is -0.505 e. The van der Waals surface area contributed by atoms with Crippen LogP contribution in [-0.4, -0.2) is 97.9 Å². The second kappa shape index (κ2) is 15.4. The summed E-state index contributed by atoms with van der Waals surface area (Å²) in [5, 5.41) is 21.3. The monoisotopic (exact) mass is 671 g/mol. The Morgan fingerprint density at radius 1 is 1.12 bits per heavy atom. The fourth-order valence-electron chi connectivity index (χ4n) is 5.17. The Kier molecular flexibility index (Phi) is 11.4. The summed E-state index contributed by atoms with van der Waals surface area (Å²) in [5.41, 5.74) is 1.91. The van der Waals surface area contributed by atoms with E-state index in [4.69, 9.17) is 4.74 Å². The van der Waals surface area contributed by atoms with Crippen molar-refractivity contribution < 1.29 is 32.6 Å². The van der Waals surface area contributed by atoms with E-state index in [1.807, 2.05) is 23.3 Å². The molecule has 2 amide bonds. The third-order valence-corrected chi connectivity index (χ3v) is 7.62. The number of methoxy groups -OCH3 is 1. The summed E-state index contributed by atoms with van der Waals surface area (Å²) in [7, 11) is 1.53. The molecule has 4 aromatic heterocycles. The van der Waals surface area contributed by atoms with Gasteiger partial charge in [-0.15, -0.1) is 15.0 Å². The number of aromatic hydroxyl groups is 1. The maximum Gasteiger partial charge on any atom is 0.412 e. The largest absolute Gasteiger partial charge is 0.505 e. The Hall–Kier alpha value is -5.48. The van der Waals surface area contributed by atoms with Crippen LogP contribution in [0.2, 0.25) is 0 Å². The number of hydrogen-bond acceptors (Lipinski definition) is 10. The van der Waals surface area contributed by atoms with Gasteiger partial charge in [-0.25, -0.2) is 9.97 Å². The van der Waals surface area contributed by atoms with Gasteiger partial charge in [0.2, 0.25) is 17.7 Å². The highest BCUT2D eigenvalue weighted by molar-refractivity contribution is 5.95. The number of anilines is 1. The van der Waals surface area contributed by atoms with Crippen LogP contribution in [0.5, 0.6) is 11.6 Å². The predicted octanol–water partition coefficient (Wildman–Crippen LogP) is 2.87. The SMILES string of the molecule is C=C(CCNC=O)C(F)(F)F.CCc1c(N2CCN(C(=O)c3ncccc3O)CC2)c(=O)c2nn(-c3ccnc(OC)c3)nc2n1CC. The number of hydrogen-bond donors (Lipinski definition) is 2. The van der Waals surface area contributed by atoms with Gasteiger partial charge in [-0.3, -0.25) is 14.4 Å². The molecule has 0 radical (unpaired) electrons. The van der Waals surface area contributed by atoms with Crippen LogP contribution in [-0.2, 0) is 17.8 Å². The highest BCUT2D eigenvalue weighted by atomic mass is 19.4. The fourth-order valence-corrected chi connectivity index (χ4v) is 5.17. The Morgan fingerprint density at radius 3 is 2.46 bits per heavy atom. The maximum atomic E-state index is 13.8. The zero-order valence-electron chi connectivity index (χ0n) is 26.7. The molecular formula is C31H36F3N9O5. The van der Waals surface area contributed by atoms with Crippen LogP contribution in [0.25, 0.3) is 16.9 Å². The first-order chi connectivity index (χ1) is 22.9. The van der Waals surface area contributed by atoms with Gasteiger partial charge in [-0.05, 0) is 38.0 Å². The number of nitrogens with zero attached hydrogens (tertiary/aromatic N) is 8. The smallest absolute Gasteiger partial charge is 0.412 e. The molecule has 14 nitrogen and oxygen atoms in total. The molecule has 17 heteroatoms. The second-order valence-corrected chi connectivity index (χ2v) is 10.5. The number of aromatic nitrogens is 6. The van der Waals surface area contributed by atoms with Crippen molar-refractivity contribution in [2.75, 3.05) is 44.7 Å². The van der Waals surface area contributed by atoms with Crippen molar-refractivity contribution in [1.29, 1.82) is 0 Å². The Bertz CT molecular complexity index is 1830. The molecule has 0 spiro atoms. The third-order valence-electron chi connectivity index (χ3n) is 7.62. The third kappa shape index (κ3) is 7.72. The number of carbonyl (C=O) groups is 2. The standard InChI is InChI=1S/C25H28N8O4.C6H8F3NO/c1-4-17-22(30-11-13-31(14-12-30)25(36)20-18(34)7-6-9-27-20)23(35)21-24(32(17)5-2)29-33(28-21)16-8-10-26-19(15-16)37-3;1-5(6(7,8)9)2-3-10-4-11/h6-10,15,34H,4-5,11-14H2,1-3H3;4H,1-3H2,(H,10,11). The summed E-state index contributed by atoms with van der Waals surface area (Å²) in [5.74, 6) is -0.0501. The molecule has 1 aliphatic heterocycles. The molecule has 1 aliphatic rings. The summed E-state index contributed by atoms with van der Waals surface area (Å²) in [6.07, 6.45) is -0.543. The minimum absolute atomic E-state index is 0.0259. The molecule has 5 heterocycles. The van der Waals surface area contributed by atoms with Crippen LogP contribution in [0.4, 0.5) is 18.9 Å². The number of pyridine rings is 3. The van der Waals surface area contributed by atoms with Gasteiger partial charge in [0.05, 0.1) is 12.8 Å². The van der Waals surface area contributed by atoms with Gasteiger partial charge in [0, 0.05) is 69.0 Å². The molecule has 4 aromatic rings. The van der Waals surface area contributed by atoms with E-state index < -0.39 is 11.7 Å². The molecule has 48 heavy (non-hydrogen) atoms. The molecular weight excluding hydrogens is 635 g/mol. The van der Waals surface area contributed by atoms with Crippen LogP contribution in [0.1, 0.15) is 36.5 Å². The molecule has 0 saturated carbocycles. The normalized spacial score (nSPS) is 13.1. The summed E-state index contributed by atoms with van der Waals surface area (Å²) >= 11 is 0. The van der Waals surface area contributed by atoms with Gasteiger partial charge in [0.25, 0.3) is 5.91 Å². The molecule has 0 aromatic carbocycles. The highest BCUT2D eigenvalue weighted by Crippen LogP contribution is 2.26. The predicted molar refractivity (Wildman–Crippen MR) is 170 cm³/mol. The average molecular weight is 672 g/mol. The van der Waals surface area contributed by atoms with Gasteiger partial charge in [0.15, 0.2) is 16.9 Å². The van der Waals surface area contributed by atoms with Crippen molar-refractivity contribution in [3.8, 4) is 17.3 Å². The number of nitrogens with one attached hydrogen (secondary N) is 1. The average Bonchev–Trinajstić information content (AvgIpc) is 3.54. The van der Waals surface area contributed by atoms with E-state index in [1.165, 1.54) is 24.2 Å². The van der Waals surface area contributed by atoms with Crippen molar-refractivity contribution >= 4 is 29.2 Å². The number of amides is 2. The van der Waals surface area contributed by atoms with Gasteiger partial charge in [0.1, 0.15) is 11.4 Å². The van der Waals surface area contributed by atoms with E-state index in [0.717, 1.165) is 5.69 Å². The molecule has 2 N–H and O–H groups in total. The van der Waals surface area contributed by atoms with E-state index in [9.17, 15) is 32.7 Å². The van der Waals surface area contributed by atoms with Crippen molar-refractivity contribution in [1.82, 2.24) is 39.7 Å². The lowest BCUT2D eigenvalue weighted by molar-refractivity contribution is -0.110. The minimum atomic E-state index is -4.34. The summed E-state index contributed by atoms with van der Waals surface area (Å²) in [6.45, 7) is 9.15.